The van der Waals surface area contributed by atoms with Crippen LogP contribution in [0.3, 0.4) is 0 Å². The molecular formula is C9H16N4S. The molecule has 0 aliphatic rings. The van der Waals surface area contributed by atoms with Gasteiger partial charge in [0.05, 0.1) is 11.5 Å². The van der Waals surface area contributed by atoms with E-state index >= 15 is 0 Å². The molecule has 78 valence electrons. The minimum Gasteiger partial charge on any atom is -0.387 e. The predicted molar refractivity (Wildman–Crippen MR) is 61.2 cm³/mol. The molecule has 0 bridgehead atoms. The van der Waals surface area contributed by atoms with Crippen molar-refractivity contribution in [2.75, 3.05) is 5.32 Å². The number of aromatic nitrogens is 1. The smallest absolute Gasteiger partial charge is 0.183 e. The maximum Gasteiger partial charge on any atom is 0.183 e. The fourth-order valence-electron chi connectivity index (χ4n) is 1.07. The fourth-order valence-corrected chi connectivity index (χ4v) is 2.21. The van der Waals surface area contributed by atoms with Gasteiger partial charge in [0.2, 0.25) is 0 Å². The van der Waals surface area contributed by atoms with Crippen molar-refractivity contribution < 1.29 is 0 Å². The van der Waals surface area contributed by atoms with Gasteiger partial charge in [0.25, 0.3) is 0 Å². The van der Waals surface area contributed by atoms with Crippen molar-refractivity contribution in [3.8, 4) is 0 Å². The molecule has 0 unspecified atom stereocenters. The number of amidine groups is 1. The molecule has 0 saturated heterocycles. The Kier molecular flexibility index (Phi) is 3.46. The summed E-state index contributed by atoms with van der Waals surface area (Å²) < 4.78 is 0. The Morgan fingerprint density at radius 2 is 2.29 bits per heavy atom. The monoisotopic (exact) mass is 212 g/mol. The number of nitrogens with one attached hydrogen (secondary N) is 2. The van der Waals surface area contributed by atoms with Crippen LogP contribution in [0.2, 0.25) is 0 Å². The number of rotatable bonds is 4. The predicted octanol–water partition coefficient (Wildman–Crippen LogP) is 1.75. The van der Waals surface area contributed by atoms with Gasteiger partial charge in [0.1, 0.15) is 0 Å². The third-order valence-electron chi connectivity index (χ3n) is 1.66. The van der Waals surface area contributed by atoms with E-state index in [0.717, 1.165) is 15.7 Å². The SMILES string of the molecule is Cc1nc(NC(C)C)sc1CC(=N)N. The molecule has 1 aromatic heterocycles. The molecule has 0 aliphatic carbocycles. The van der Waals surface area contributed by atoms with Crippen LogP contribution < -0.4 is 11.1 Å². The average molecular weight is 212 g/mol. The van der Waals surface area contributed by atoms with Gasteiger partial charge in [-0.2, -0.15) is 0 Å². The third kappa shape index (κ3) is 2.99. The lowest BCUT2D eigenvalue weighted by atomic mass is 10.3. The van der Waals surface area contributed by atoms with Crippen LogP contribution in [0.15, 0.2) is 0 Å². The molecule has 0 aliphatic heterocycles. The van der Waals surface area contributed by atoms with Crippen molar-refractivity contribution in [3.63, 3.8) is 0 Å². The minimum atomic E-state index is 0.188. The Morgan fingerprint density at radius 3 is 2.79 bits per heavy atom. The Hall–Kier alpha value is -1.10. The number of nitrogens with two attached hydrogens (primary N) is 1. The van der Waals surface area contributed by atoms with E-state index in [2.05, 4.69) is 24.1 Å². The number of nitrogens with zero attached hydrogens (tertiary/aromatic N) is 1. The summed E-state index contributed by atoms with van der Waals surface area (Å²) >= 11 is 1.57. The molecule has 14 heavy (non-hydrogen) atoms. The van der Waals surface area contributed by atoms with Gasteiger partial charge in [-0.05, 0) is 20.8 Å². The molecule has 0 saturated carbocycles. The molecule has 4 nitrogen and oxygen atoms in total. The van der Waals surface area contributed by atoms with E-state index in [0.29, 0.717) is 12.5 Å². The van der Waals surface area contributed by atoms with Gasteiger partial charge < -0.3 is 11.1 Å². The highest BCUT2D eigenvalue weighted by Gasteiger charge is 2.08. The number of anilines is 1. The van der Waals surface area contributed by atoms with Crippen molar-refractivity contribution in [1.29, 1.82) is 5.41 Å². The zero-order valence-electron chi connectivity index (χ0n) is 8.72. The second kappa shape index (κ2) is 4.41. The van der Waals surface area contributed by atoms with Crippen LogP contribution in [-0.2, 0) is 6.42 Å². The molecule has 0 atom stereocenters. The second-order valence-corrected chi connectivity index (χ2v) is 4.61. The van der Waals surface area contributed by atoms with Gasteiger partial charge in [-0.15, -0.1) is 11.3 Å². The first-order valence-electron chi connectivity index (χ1n) is 4.54. The van der Waals surface area contributed by atoms with Gasteiger partial charge in [-0.25, -0.2) is 4.98 Å². The molecule has 0 fully saturated rings. The zero-order valence-corrected chi connectivity index (χ0v) is 9.53. The normalized spacial score (nSPS) is 10.6. The van der Waals surface area contributed by atoms with Crippen molar-refractivity contribution >= 4 is 22.3 Å². The van der Waals surface area contributed by atoms with E-state index in [1.807, 2.05) is 6.92 Å². The Labute approximate surface area is 88.1 Å². The molecule has 0 aromatic carbocycles. The van der Waals surface area contributed by atoms with Crippen LogP contribution in [0.5, 0.6) is 0 Å². The highest BCUT2D eigenvalue weighted by atomic mass is 32.1. The number of aryl methyl sites for hydroxylation is 1. The standard InChI is InChI=1S/C9H16N4S/c1-5(2)12-9-13-6(3)7(14-9)4-8(10)11/h5H,4H2,1-3H3,(H3,10,11)(H,12,13). The van der Waals surface area contributed by atoms with Gasteiger partial charge in [-0.3, -0.25) is 5.41 Å². The van der Waals surface area contributed by atoms with E-state index in [9.17, 15) is 0 Å². The van der Waals surface area contributed by atoms with Crippen LogP contribution in [-0.4, -0.2) is 16.9 Å². The summed E-state index contributed by atoms with van der Waals surface area (Å²) in [6.07, 6.45) is 0.503. The molecule has 0 amide bonds. The molecular weight excluding hydrogens is 196 g/mol. The number of hydrogen-bond acceptors (Lipinski definition) is 4. The summed E-state index contributed by atoms with van der Waals surface area (Å²) in [7, 11) is 0. The van der Waals surface area contributed by atoms with Crippen LogP contribution in [0.1, 0.15) is 24.4 Å². The van der Waals surface area contributed by atoms with E-state index in [4.69, 9.17) is 11.1 Å². The van der Waals surface area contributed by atoms with Crippen molar-refractivity contribution in [2.24, 2.45) is 5.73 Å². The Morgan fingerprint density at radius 1 is 1.64 bits per heavy atom. The molecule has 0 spiro atoms. The topological polar surface area (TPSA) is 74.8 Å². The van der Waals surface area contributed by atoms with Crippen LogP contribution in [0.25, 0.3) is 0 Å². The zero-order chi connectivity index (χ0) is 10.7. The maximum atomic E-state index is 7.22. The molecule has 1 heterocycles. The maximum absolute atomic E-state index is 7.22. The first-order valence-corrected chi connectivity index (χ1v) is 5.36. The first kappa shape index (κ1) is 11.0. The highest BCUT2D eigenvalue weighted by Crippen LogP contribution is 2.23. The molecule has 1 aromatic rings. The van der Waals surface area contributed by atoms with Crippen LogP contribution in [0, 0.1) is 12.3 Å². The van der Waals surface area contributed by atoms with Crippen LogP contribution in [0.4, 0.5) is 5.13 Å². The summed E-state index contributed by atoms with van der Waals surface area (Å²) in [5.74, 6) is 0.188. The lowest BCUT2D eigenvalue weighted by molar-refractivity contribution is 0.895. The molecule has 1 rings (SSSR count). The van der Waals surface area contributed by atoms with Crippen molar-refractivity contribution in [2.45, 2.75) is 33.2 Å². The molecule has 0 radical (unpaired) electrons. The number of thiazole rings is 1. The Bertz CT molecular complexity index is 330. The third-order valence-corrected chi connectivity index (χ3v) is 2.74. The van der Waals surface area contributed by atoms with Gasteiger partial charge >= 0.3 is 0 Å². The molecule has 4 N–H and O–H groups in total. The first-order chi connectivity index (χ1) is 6.49. The van der Waals surface area contributed by atoms with Gasteiger partial charge in [0, 0.05) is 17.3 Å². The Balaban J connectivity index is 2.76. The summed E-state index contributed by atoms with van der Waals surface area (Å²) in [4.78, 5) is 5.43. The lowest BCUT2D eigenvalue weighted by Gasteiger charge is -2.04. The molecule has 5 heteroatoms. The number of hydrogen-bond donors (Lipinski definition) is 3. The largest absolute Gasteiger partial charge is 0.387 e. The van der Waals surface area contributed by atoms with Gasteiger partial charge in [0.15, 0.2) is 5.13 Å². The fraction of sp³-hybridized carbons (Fsp3) is 0.556. The summed E-state index contributed by atoms with van der Waals surface area (Å²) in [6, 6.07) is 0.380. The lowest BCUT2D eigenvalue weighted by Crippen LogP contribution is -2.12. The van der Waals surface area contributed by atoms with E-state index in [1.165, 1.54) is 0 Å². The van der Waals surface area contributed by atoms with E-state index in [-0.39, 0.29) is 5.84 Å². The van der Waals surface area contributed by atoms with Crippen molar-refractivity contribution in [3.05, 3.63) is 10.6 Å². The van der Waals surface area contributed by atoms with E-state index in [1.54, 1.807) is 11.3 Å². The second-order valence-electron chi connectivity index (χ2n) is 3.53. The summed E-state index contributed by atoms with van der Waals surface area (Å²) in [5, 5.41) is 11.4. The minimum absolute atomic E-state index is 0.188. The van der Waals surface area contributed by atoms with Crippen molar-refractivity contribution in [1.82, 2.24) is 4.98 Å². The summed E-state index contributed by atoms with van der Waals surface area (Å²) in [6.45, 7) is 6.09. The highest BCUT2D eigenvalue weighted by molar-refractivity contribution is 7.15. The van der Waals surface area contributed by atoms with E-state index < -0.39 is 0 Å². The average Bonchev–Trinajstić information content (AvgIpc) is 2.28. The van der Waals surface area contributed by atoms with Gasteiger partial charge in [-0.1, -0.05) is 0 Å². The van der Waals surface area contributed by atoms with Crippen LogP contribution >= 0.6 is 11.3 Å². The summed E-state index contributed by atoms with van der Waals surface area (Å²) in [5.41, 5.74) is 6.31. The quantitative estimate of drug-likeness (QED) is 0.526.